The van der Waals surface area contributed by atoms with Gasteiger partial charge in [0, 0.05) is 19.8 Å². The largest absolute Gasteiger partial charge is 0.364 e. The molecule has 0 bridgehead atoms. The number of rotatable bonds is 2. The van der Waals surface area contributed by atoms with Crippen LogP contribution in [0.5, 0.6) is 0 Å². The van der Waals surface area contributed by atoms with Gasteiger partial charge in [-0.1, -0.05) is 23.8 Å². The Morgan fingerprint density at radius 1 is 1.14 bits per heavy atom. The van der Waals surface area contributed by atoms with Crippen LogP contribution in [-0.2, 0) is 0 Å². The van der Waals surface area contributed by atoms with Crippen molar-refractivity contribution < 1.29 is 0 Å². The smallest absolute Gasteiger partial charge is 0.113 e. The minimum atomic E-state index is 0.740. The molecular weight excluding hydrogens is 258 g/mol. The first kappa shape index (κ1) is 14.9. The molecule has 1 aliphatic rings. The zero-order valence-electron chi connectivity index (χ0n) is 13.3. The summed E-state index contributed by atoms with van der Waals surface area (Å²) in [6.07, 6.45) is 2.07. The number of benzene rings is 1. The van der Waals surface area contributed by atoms with E-state index in [2.05, 4.69) is 47.9 Å². The molecule has 1 aromatic rings. The van der Waals surface area contributed by atoms with E-state index in [0.717, 1.165) is 33.9 Å². The van der Waals surface area contributed by atoms with Crippen molar-refractivity contribution in [3.05, 3.63) is 64.6 Å². The first-order chi connectivity index (χ1) is 9.97. The highest BCUT2D eigenvalue weighted by Gasteiger charge is 2.27. The van der Waals surface area contributed by atoms with E-state index in [1.165, 1.54) is 0 Å². The molecule has 0 aliphatic carbocycles. The lowest BCUT2D eigenvalue weighted by Crippen LogP contribution is -2.34. The lowest BCUT2D eigenvalue weighted by atomic mass is 9.98. The van der Waals surface area contributed by atoms with Gasteiger partial charge in [-0.25, -0.2) is 0 Å². The third kappa shape index (κ3) is 2.71. The van der Waals surface area contributed by atoms with Crippen molar-refractivity contribution in [1.82, 2.24) is 4.90 Å². The summed E-state index contributed by atoms with van der Waals surface area (Å²) in [6.45, 7) is 6.09. The third-order valence-electron chi connectivity index (χ3n) is 3.49. The maximum absolute atomic E-state index is 9.56. The van der Waals surface area contributed by atoms with Crippen molar-refractivity contribution in [3.63, 3.8) is 0 Å². The van der Waals surface area contributed by atoms with Gasteiger partial charge in [0.25, 0.3) is 0 Å². The Hall–Kier alpha value is -2.47. The molecule has 3 heteroatoms. The van der Waals surface area contributed by atoms with E-state index in [1.54, 1.807) is 0 Å². The fourth-order valence-electron chi connectivity index (χ4n) is 2.53. The maximum Gasteiger partial charge on any atom is 0.113 e. The summed E-state index contributed by atoms with van der Waals surface area (Å²) >= 11 is 0. The van der Waals surface area contributed by atoms with Crippen LogP contribution in [0.2, 0.25) is 0 Å². The zero-order valence-corrected chi connectivity index (χ0v) is 13.3. The molecule has 1 aliphatic heterocycles. The summed E-state index contributed by atoms with van der Waals surface area (Å²) in [4.78, 5) is 4.23. The molecule has 0 saturated carbocycles. The van der Waals surface area contributed by atoms with E-state index in [1.807, 2.05) is 39.2 Å². The molecule has 0 fully saturated rings. The normalized spacial score (nSPS) is 14.8. The van der Waals surface area contributed by atoms with Crippen LogP contribution < -0.4 is 4.90 Å². The molecule has 3 nitrogen and oxygen atoms in total. The Bertz CT molecular complexity index is 666. The van der Waals surface area contributed by atoms with Gasteiger partial charge in [0.15, 0.2) is 0 Å². The summed E-state index contributed by atoms with van der Waals surface area (Å²) in [5.74, 6) is 1.06. The second kappa shape index (κ2) is 5.88. The lowest BCUT2D eigenvalue weighted by Gasteiger charge is -2.37. The van der Waals surface area contributed by atoms with Crippen molar-refractivity contribution in [2.75, 3.05) is 19.0 Å². The maximum atomic E-state index is 9.56. The molecule has 0 radical (unpaired) electrons. The molecule has 0 amide bonds. The van der Waals surface area contributed by atoms with Crippen LogP contribution >= 0.6 is 0 Å². The van der Waals surface area contributed by atoms with Gasteiger partial charge in [0.2, 0.25) is 0 Å². The van der Waals surface area contributed by atoms with Gasteiger partial charge in [0.1, 0.15) is 11.9 Å². The molecule has 0 atom stereocenters. The second-order valence-electron chi connectivity index (χ2n) is 5.59. The number of para-hydroxylation sites is 1. The number of hydrogen-bond acceptors (Lipinski definition) is 3. The number of nitriles is 1. The topological polar surface area (TPSA) is 30.3 Å². The van der Waals surface area contributed by atoms with E-state index in [-0.39, 0.29) is 0 Å². The van der Waals surface area contributed by atoms with Crippen LogP contribution in [0, 0.1) is 11.3 Å². The van der Waals surface area contributed by atoms with E-state index in [4.69, 9.17) is 0 Å². The molecule has 108 valence electrons. The number of nitrogens with zero attached hydrogens (tertiary/aromatic N) is 3. The van der Waals surface area contributed by atoms with Crippen LogP contribution in [0.4, 0.5) is 5.69 Å². The average molecular weight is 279 g/mol. The van der Waals surface area contributed by atoms with Gasteiger partial charge in [-0.15, -0.1) is 0 Å². The standard InChI is InChI=1S/C18H21N3/c1-13(2)18-16(12-19)14(3)11-17(20(4)5)21(18)15-9-7-6-8-10-15/h6-11H,1-5H3. The van der Waals surface area contributed by atoms with Gasteiger partial charge in [-0.05, 0) is 44.6 Å². The monoisotopic (exact) mass is 279 g/mol. The number of anilines is 1. The van der Waals surface area contributed by atoms with E-state index in [0.29, 0.717) is 0 Å². The molecule has 1 aromatic carbocycles. The lowest BCUT2D eigenvalue weighted by molar-refractivity contribution is 0.495. The van der Waals surface area contributed by atoms with Crippen LogP contribution in [-0.4, -0.2) is 19.0 Å². The molecule has 2 rings (SSSR count). The molecule has 0 saturated heterocycles. The predicted molar refractivity (Wildman–Crippen MR) is 87.4 cm³/mol. The van der Waals surface area contributed by atoms with Gasteiger partial charge in [-0.3, -0.25) is 4.90 Å². The number of allylic oxidation sites excluding steroid dienone is 4. The highest BCUT2D eigenvalue weighted by molar-refractivity contribution is 5.70. The van der Waals surface area contributed by atoms with Crippen LogP contribution in [0.15, 0.2) is 64.6 Å². The third-order valence-corrected chi connectivity index (χ3v) is 3.49. The van der Waals surface area contributed by atoms with Crippen molar-refractivity contribution in [2.24, 2.45) is 0 Å². The minimum Gasteiger partial charge on any atom is -0.364 e. The highest BCUT2D eigenvalue weighted by Crippen LogP contribution is 2.36. The van der Waals surface area contributed by atoms with Crippen LogP contribution in [0.25, 0.3) is 0 Å². The zero-order chi connectivity index (χ0) is 15.6. The molecule has 0 spiro atoms. The Balaban J connectivity index is 2.73. The van der Waals surface area contributed by atoms with Crippen molar-refractivity contribution in [3.8, 4) is 6.07 Å². The van der Waals surface area contributed by atoms with E-state index < -0.39 is 0 Å². The van der Waals surface area contributed by atoms with Gasteiger partial charge < -0.3 is 4.90 Å². The minimum absolute atomic E-state index is 0.740. The first-order valence-corrected chi connectivity index (χ1v) is 7.00. The summed E-state index contributed by atoms with van der Waals surface area (Å²) < 4.78 is 0. The molecule has 21 heavy (non-hydrogen) atoms. The average Bonchev–Trinajstić information content (AvgIpc) is 2.46. The SMILES string of the molecule is CC(C)=C1C(C#N)=C(C)C=C(N(C)C)N1c1ccccc1. The summed E-state index contributed by atoms with van der Waals surface area (Å²) in [5, 5.41) is 9.56. The quantitative estimate of drug-likeness (QED) is 0.818. The van der Waals surface area contributed by atoms with Crippen LogP contribution in [0.3, 0.4) is 0 Å². The summed E-state index contributed by atoms with van der Waals surface area (Å²) in [6, 6.07) is 12.5. The van der Waals surface area contributed by atoms with E-state index >= 15 is 0 Å². The molecule has 0 unspecified atom stereocenters. The van der Waals surface area contributed by atoms with Crippen molar-refractivity contribution in [1.29, 1.82) is 5.26 Å². The van der Waals surface area contributed by atoms with E-state index in [9.17, 15) is 5.26 Å². The predicted octanol–water partition coefficient (Wildman–Crippen LogP) is 4.04. The molecule has 0 N–H and O–H groups in total. The Morgan fingerprint density at radius 3 is 2.24 bits per heavy atom. The van der Waals surface area contributed by atoms with Crippen molar-refractivity contribution >= 4 is 5.69 Å². The van der Waals surface area contributed by atoms with Gasteiger partial charge in [-0.2, -0.15) is 5.26 Å². The Morgan fingerprint density at radius 2 is 1.76 bits per heavy atom. The summed E-state index contributed by atoms with van der Waals surface area (Å²) in [7, 11) is 4.05. The van der Waals surface area contributed by atoms with Crippen LogP contribution in [0.1, 0.15) is 20.8 Å². The van der Waals surface area contributed by atoms with Crippen molar-refractivity contribution in [2.45, 2.75) is 20.8 Å². The Labute approximate surface area is 127 Å². The van der Waals surface area contributed by atoms with Gasteiger partial charge in [0.05, 0.1) is 11.3 Å². The molecule has 1 heterocycles. The number of hydrogen-bond donors (Lipinski definition) is 0. The van der Waals surface area contributed by atoms with Gasteiger partial charge >= 0.3 is 0 Å². The highest BCUT2D eigenvalue weighted by atomic mass is 15.3. The fraction of sp³-hybridized carbons (Fsp3) is 0.278. The fourth-order valence-corrected chi connectivity index (χ4v) is 2.53. The second-order valence-corrected chi connectivity index (χ2v) is 5.59. The Kier molecular flexibility index (Phi) is 4.18. The summed E-state index contributed by atoms with van der Waals surface area (Å²) in [5.41, 5.74) is 4.91. The molecular formula is C18H21N3. The first-order valence-electron chi connectivity index (χ1n) is 7.00. The molecule has 0 aromatic heterocycles.